The van der Waals surface area contributed by atoms with E-state index in [2.05, 4.69) is 52.4 Å². The lowest BCUT2D eigenvalue weighted by Gasteiger charge is -2.16. The van der Waals surface area contributed by atoms with Crippen LogP contribution in [0.2, 0.25) is 19.6 Å². The minimum Gasteiger partial charge on any atom is -0.352 e. The van der Waals surface area contributed by atoms with E-state index in [1.165, 1.54) is 9.40 Å². The molecule has 0 aromatic carbocycles. The predicted molar refractivity (Wildman–Crippen MR) is 111 cm³/mol. The Bertz CT molecular complexity index is 875. The lowest BCUT2D eigenvalue weighted by molar-refractivity contribution is -0.130. The zero-order valence-corrected chi connectivity index (χ0v) is 18.1. The van der Waals surface area contributed by atoms with Crippen LogP contribution >= 0.6 is 11.3 Å². The molecule has 144 valence electrons. The maximum Gasteiger partial charge on any atom is 0.325 e. The van der Waals surface area contributed by atoms with Gasteiger partial charge in [-0.2, -0.15) is 0 Å². The maximum absolute atomic E-state index is 12.2. The highest BCUT2D eigenvalue weighted by Crippen LogP contribution is 2.24. The van der Waals surface area contributed by atoms with E-state index >= 15 is 0 Å². The van der Waals surface area contributed by atoms with E-state index in [1.807, 2.05) is 6.07 Å². The molecule has 0 atom stereocenters. The summed E-state index contributed by atoms with van der Waals surface area (Å²) < 4.78 is 1.44. The number of thiophene rings is 1. The number of hydrogen-bond acceptors (Lipinski definition) is 6. The van der Waals surface area contributed by atoms with E-state index in [0.717, 1.165) is 10.6 Å². The largest absolute Gasteiger partial charge is 0.352 e. The fourth-order valence-corrected chi connectivity index (χ4v) is 5.63. The molecular weight excluding hydrogens is 378 g/mol. The van der Waals surface area contributed by atoms with Gasteiger partial charge in [-0.25, -0.2) is 14.8 Å². The quantitative estimate of drug-likeness (QED) is 0.572. The second-order valence-electron chi connectivity index (χ2n) is 8.12. The van der Waals surface area contributed by atoms with Crippen molar-refractivity contribution in [2.75, 3.05) is 18.4 Å². The Morgan fingerprint density at radius 2 is 1.96 bits per heavy atom. The third-order valence-electron chi connectivity index (χ3n) is 4.32. The first-order valence-electron chi connectivity index (χ1n) is 8.90. The van der Waals surface area contributed by atoms with Crippen molar-refractivity contribution in [3.8, 4) is 10.6 Å². The standard InChI is InChI=1S/C18H25N5O2SSi/c1-18(2)15(24)23(17(25)22-18)11-10-20-16-19-9-8-12(21-16)13-6-7-14(26-13)27(3,4)5/h6-9H,10-11H2,1-5H3,(H,22,25)(H,19,20,21). The number of rotatable bonds is 6. The number of aromatic nitrogens is 2. The average Bonchev–Trinajstić information content (AvgIpc) is 3.14. The normalized spacial score (nSPS) is 16.6. The summed E-state index contributed by atoms with van der Waals surface area (Å²) in [6.45, 7) is 11.0. The molecule has 1 aliphatic rings. The summed E-state index contributed by atoms with van der Waals surface area (Å²) in [6.07, 6.45) is 1.72. The SMILES string of the molecule is CC1(C)NC(=O)N(CCNc2nccc(-c3ccc([Si](C)(C)C)s3)n2)C1=O. The van der Waals surface area contributed by atoms with Crippen molar-refractivity contribution in [2.45, 2.75) is 39.0 Å². The predicted octanol–water partition coefficient (Wildman–Crippen LogP) is 2.49. The van der Waals surface area contributed by atoms with Crippen LogP contribution in [0.25, 0.3) is 10.6 Å². The minimum atomic E-state index is -1.34. The summed E-state index contributed by atoms with van der Waals surface area (Å²) in [5.41, 5.74) is 0.0268. The van der Waals surface area contributed by atoms with Crippen molar-refractivity contribution >= 4 is 41.8 Å². The molecule has 0 spiro atoms. The van der Waals surface area contributed by atoms with E-state index in [-0.39, 0.29) is 18.5 Å². The van der Waals surface area contributed by atoms with Gasteiger partial charge >= 0.3 is 6.03 Å². The molecule has 1 saturated heterocycles. The lowest BCUT2D eigenvalue weighted by Crippen LogP contribution is -2.40. The lowest BCUT2D eigenvalue weighted by atomic mass is 10.1. The molecule has 27 heavy (non-hydrogen) atoms. The highest BCUT2D eigenvalue weighted by Gasteiger charge is 2.43. The molecule has 0 aliphatic carbocycles. The van der Waals surface area contributed by atoms with Gasteiger partial charge < -0.3 is 10.6 Å². The van der Waals surface area contributed by atoms with Crippen molar-refractivity contribution in [2.24, 2.45) is 0 Å². The number of anilines is 1. The molecule has 2 aromatic rings. The first-order chi connectivity index (χ1) is 12.6. The zero-order chi connectivity index (χ0) is 19.8. The Morgan fingerprint density at radius 1 is 1.22 bits per heavy atom. The van der Waals surface area contributed by atoms with Crippen LogP contribution in [-0.2, 0) is 4.79 Å². The van der Waals surface area contributed by atoms with Crippen molar-refractivity contribution < 1.29 is 9.59 Å². The van der Waals surface area contributed by atoms with Crippen molar-refractivity contribution in [3.63, 3.8) is 0 Å². The van der Waals surface area contributed by atoms with E-state index < -0.39 is 13.6 Å². The van der Waals surface area contributed by atoms with E-state index in [4.69, 9.17) is 0 Å². The minimum absolute atomic E-state index is 0.221. The van der Waals surface area contributed by atoms with E-state index in [9.17, 15) is 9.59 Å². The number of carbonyl (C=O) groups is 2. The first-order valence-corrected chi connectivity index (χ1v) is 13.2. The van der Waals surface area contributed by atoms with Gasteiger partial charge in [0.05, 0.1) is 18.6 Å². The van der Waals surface area contributed by atoms with Gasteiger partial charge in [0.2, 0.25) is 5.95 Å². The summed E-state index contributed by atoms with van der Waals surface area (Å²) in [6, 6.07) is 5.84. The molecular formula is C18H25N5O2SSi. The van der Waals surface area contributed by atoms with Crippen LogP contribution in [0.1, 0.15) is 13.8 Å². The van der Waals surface area contributed by atoms with Crippen LogP contribution < -0.4 is 15.1 Å². The monoisotopic (exact) mass is 403 g/mol. The summed E-state index contributed by atoms with van der Waals surface area (Å²) in [5.74, 6) is 0.267. The van der Waals surface area contributed by atoms with Crippen molar-refractivity contribution in [1.29, 1.82) is 0 Å². The number of amides is 3. The Labute approximate surface area is 164 Å². The van der Waals surface area contributed by atoms with E-state index in [1.54, 1.807) is 31.4 Å². The average molecular weight is 404 g/mol. The number of imide groups is 1. The molecule has 3 rings (SSSR count). The molecule has 0 saturated carbocycles. The fourth-order valence-electron chi connectivity index (χ4n) is 2.76. The topological polar surface area (TPSA) is 87.2 Å². The smallest absolute Gasteiger partial charge is 0.325 e. The van der Waals surface area contributed by atoms with Crippen LogP contribution in [0, 0.1) is 0 Å². The molecule has 7 nitrogen and oxygen atoms in total. The Morgan fingerprint density at radius 3 is 2.56 bits per heavy atom. The summed E-state index contributed by atoms with van der Waals surface area (Å²) >= 11 is 1.78. The van der Waals surface area contributed by atoms with Crippen LogP contribution in [0.15, 0.2) is 24.4 Å². The highest BCUT2D eigenvalue weighted by molar-refractivity contribution is 7.28. The highest BCUT2D eigenvalue weighted by atomic mass is 32.1. The van der Waals surface area contributed by atoms with Gasteiger partial charge in [0, 0.05) is 19.3 Å². The third-order valence-corrected chi connectivity index (χ3v) is 9.03. The fraction of sp³-hybridized carbons (Fsp3) is 0.444. The summed E-state index contributed by atoms with van der Waals surface area (Å²) in [5, 5.41) is 5.77. The molecule has 2 N–H and O–H groups in total. The van der Waals surface area contributed by atoms with Gasteiger partial charge in [-0.3, -0.25) is 9.69 Å². The van der Waals surface area contributed by atoms with Crippen LogP contribution in [0.3, 0.4) is 0 Å². The van der Waals surface area contributed by atoms with Crippen LogP contribution in [0.5, 0.6) is 0 Å². The van der Waals surface area contributed by atoms with Gasteiger partial charge in [0.1, 0.15) is 5.54 Å². The van der Waals surface area contributed by atoms with Crippen LogP contribution in [-0.4, -0.2) is 53.5 Å². The molecule has 3 heterocycles. The number of nitrogens with one attached hydrogen (secondary N) is 2. The first kappa shape index (κ1) is 19.5. The van der Waals surface area contributed by atoms with Gasteiger partial charge in [0.25, 0.3) is 5.91 Å². The van der Waals surface area contributed by atoms with Gasteiger partial charge in [-0.05, 0) is 30.5 Å². The van der Waals surface area contributed by atoms with Crippen LogP contribution in [0.4, 0.5) is 10.7 Å². The second kappa shape index (κ2) is 7.04. The maximum atomic E-state index is 12.2. The molecule has 3 amide bonds. The molecule has 0 unspecified atom stereocenters. The summed E-state index contributed by atoms with van der Waals surface area (Å²) in [4.78, 5) is 35.2. The van der Waals surface area contributed by atoms with Gasteiger partial charge in [-0.15, -0.1) is 11.3 Å². The second-order valence-corrected chi connectivity index (χ2v) is 14.6. The van der Waals surface area contributed by atoms with Gasteiger partial charge in [0.15, 0.2) is 0 Å². The molecule has 0 bridgehead atoms. The number of hydrogen-bond donors (Lipinski definition) is 2. The van der Waals surface area contributed by atoms with Crippen molar-refractivity contribution in [3.05, 3.63) is 24.4 Å². The Kier molecular flexibility index (Phi) is 5.09. The van der Waals surface area contributed by atoms with Crippen molar-refractivity contribution in [1.82, 2.24) is 20.2 Å². The zero-order valence-electron chi connectivity index (χ0n) is 16.3. The molecule has 0 radical (unpaired) electrons. The van der Waals surface area contributed by atoms with Gasteiger partial charge in [-0.1, -0.05) is 25.7 Å². The number of nitrogens with zero attached hydrogens (tertiary/aromatic N) is 3. The molecule has 1 fully saturated rings. The molecule has 9 heteroatoms. The Balaban J connectivity index is 1.64. The molecule has 1 aliphatic heterocycles. The number of urea groups is 1. The summed E-state index contributed by atoms with van der Waals surface area (Å²) in [7, 11) is -1.34. The van der Waals surface area contributed by atoms with E-state index in [0.29, 0.717) is 12.5 Å². The molecule has 2 aromatic heterocycles. The Hall–Kier alpha value is -2.26. The number of carbonyl (C=O) groups excluding carboxylic acids is 2. The third kappa shape index (κ3) is 4.19.